The molecule has 204 valence electrons. The van der Waals surface area contributed by atoms with Gasteiger partial charge >= 0.3 is 0 Å². The largest absolute Gasteiger partial charge is 0.376 e. The van der Waals surface area contributed by atoms with Gasteiger partial charge in [-0.25, -0.2) is 9.07 Å². The number of hydrogen-bond donors (Lipinski definition) is 1. The van der Waals surface area contributed by atoms with Gasteiger partial charge < -0.3 is 9.72 Å². The number of halogens is 1. The molecule has 1 aliphatic rings. The van der Waals surface area contributed by atoms with Gasteiger partial charge in [0, 0.05) is 30.8 Å². The minimum Gasteiger partial charge on any atom is -0.376 e. The molecule has 1 saturated heterocycles. The summed E-state index contributed by atoms with van der Waals surface area (Å²) in [6, 6.07) is 23.9. The van der Waals surface area contributed by atoms with Crippen LogP contribution in [0.3, 0.4) is 0 Å². The van der Waals surface area contributed by atoms with Gasteiger partial charge in [-0.3, -0.25) is 9.69 Å². The SMILES string of the molecule is Cc1ccc2cc(C(c3nnnn3CC3CCCO3)N(Cc3ccccc3)Cc3ccc(F)cc3)c(=O)[nH]c2c1. The molecule has 8 nitrogen and oxygen atoms in total. The van der Waals surface area contributed by atoms with Crippen LogP contribution in [0, 0.1) is 12.7 Å². The molecular formula is C31H31FN6O2. The summed E-state index contributed by atoms with van der Waals surface area (Å²) in [5.41, 5.74) is 4.16. The second-order valence-corrected chi connectivity index (χ2v) is 10.4. The average molecular weight is 539 g/mol. The van der Waals surface area contributed by atoms with Gasteiger partial charge in [0.15, 0.2) is 5.82 Å². The molecule has 1 N–H and O–H groups in total. The molecule has 3 heterocycles. The van der Waals surface area contributed by atoms with Gasteiger partial charge in [-0.1, -0.05) is 54.6 Å². The van der Waals surface area contributed by atoms with Crippen LogP contribution in [0.5, 0.6) is 0 Å². The number of H-pyrrole nitrogens is 1. The molecule has 0 radical (unpaired) electrons. The lowest BCUT2D eigenvalue weighted by Gasteiger charge is -2.31. The highest BCUT2D eigenvalue weighted by atomic mass is 19.1. The number of nitrogens with zero attached hydrogens (tertiary/aromatic N) is 5. The predicted octanol–water partition coefficient (Wildman–Crippen LogP) is 4.93. The molecule has 5 aromatic rings. The van der Waals surface area contributed by atoms with Crippen molar-refractivity contribution in [2.24, 2.45) is 0 Å². The first-order chi connectivity index (χ1) is 19.5. The lowest BCUT2D eigenvalue weighted by molar-refractivity contribution is 0.0903. The Morgan fingerprint density at radius 1 is 1.05 bits per heavy atom. The summed E-state index contributed by atoms with van der Waals surface area (Å²) in [7, 11) is 0. The first-order valence-corrected chi connectivity index (χ1v) is 13.6. The van der Waals surface area contributed by atoms with Gasteiger partial charge in [0.1, 0.15) is 11.9 Å². The number of rotatable bonds is 9. The number of aromatic amines is 1. The first-order valence-electron chi connectivity index (χ1n) is 13.6. The smallest absolute Gasteiger partial charge is 0.253 e. The number of nitrogens with one attached hydrogen (secondary N) is 1. The Labute approximate surface area is 231 Å². The summed E-state index contributed by atoms with van der Waals surface area (Å²) in [5.74, 6) is 0.266. The van der Waals surface area contributed by atoms with Crippen molar-refractivity contribution in [2.45, 2.75) is 51.5 Å². The minimum atomic E-state index is -0.587. The fraction of sp³-hybridized carbons (Fsp3) is 0.290. The van der Waals surface area contributed by atoms with Crippen LogP contribution in [0.1, 0.15) is 47.0 Å². The van der Waals surface area contributed by atoms with Crippen LogP contribution in [-0.4, -0.2) is 42.8 Å². The van der Waals surface area contributed by atoms with Gasteiger partial charge in [-0.15, -0.1) is 5.10 Å². The molecule has 0 bridgehead atoms. The predicted molar refractivity (Wildman–Crippen MR) is 150 cm³/mol. The van der Waals surface area contributed by atoms with E-state index in [0.29, 0.717) is 31.0 Å². The van der Waals surface area contributed by atoms with Crippen molar-refractivity contribution in [2.75, 3.05) is 6.61 Å². The molecule has 2 aromatic heterocycles. The van der Waals surface area contributed by atoms with Crippen molar-refractivity contribution in [1.29, 1.82) is 0 Å². The third kappa shape index (κ3) is 5.71. The number of fused-ring (bicyclic) bond motifs is 1. The monoisotopic (exact) mass is 538 g/mol. The molecule has 2 atom stereocenters. The van der Waals surface area contributed by atoms with E-state index in [-0.39, 0.29) is 17.5 Å². The Balaban J connectivity index is 1.50. The fourth-order valence-corrected chi connectivity index (χ4v) is 5.43. The molecule has 0 saturated carbocycles. The number of aromatic nitrogens is 5. The normalized spacial score (nSPS) is 16.1. The summed E-state index contributed by atoms with van der Waals surface area (Å²) in [5, 5.41) is 13.8. The van der Waals surface area contributed by atoms with Gasteiger partial charge in [-0.05, 0) is 76.5 Å². The van der Waals surface area contributed by atoms with Crippen molar-refractivity contribution in [3.8, 4) is 0 Å². The lowest BCUT2D eigenvalue weighted by Crippen LogP contribution is -2.35. The Hall–Kier alpha value is -4.21. The second-order valence-electron chi connectivity index (χ2n) is 10.4. The van der Waals surface area contributed by atoms with E-state index >= 15 is 0 Å². The molecule has 2 unspecified atom stereocenters. The van der Waals surface area contributed by atoms with Crippen molar-refractivity contribution in [3.05, 3.63) is 123 Å². The Kier molecular flexibility index (Phi) is 7.48. The third-order valence-corrected chi connectivity index (χ3v) is 7.42. The summed E-state index contributed by atoms with van der Waals surface area (Å²) in [6.45, 7) is 4.18. The van der Waals surface area contributed by atoms with Crippen molar-refractivity contribution in [1.82, 2.24) is 30.1 Å². The number of hydrogen-bond acceptors (Lipinski definition) is 6. The van der Waals surface area contributed by atoms with Crippen LogP contribution in [0.2, 0.25) is 0 Å². The number of pyridine rings is 1. The maximum absolute atomic E-state index is 13.8. The van der Waals surface area contributed by atoms with Crippen LogP contribution in [0.25, 0.3) is 10.9 Å². The Morgan fingerprint density at radius 2 is 1.82 bits per heavy atom. The molecule has 9 heteroatoms. The molecule has 0 spiro atoms. The van der Waals surface area contributed by atoms with E-state index < -0.39 is 6.04 Å². The van der Waals surface area contributed by atoms with E-state index in [4.69, 9.17) is 4.74 Å². The van der Waals surface area contributed by atoms with E-state index in [9.17, 15) is 9.18 Å². The summed E-state index contributed by atoms with van der Waals surface area (Å²) < 4.78 is 21.4. The summed E-state index contributed by atoms with van der Waals surface area (Å²) in [4.78, 5) is 19.0. The quantitative estimate of drug-likeness (QED) is 0.286. The molecular weight excluding hydrogens is 507 g/mol. The molecule has 40 heavy (non-hydrogen) atoms. The van der Waals surface area contributed by atoms with E-state index in [1.165, 1.54) is 12.1 Å². The van der Waals surface area contributed by atoms with E-state index in [1.807, 2.05) is 49.4 Å². The highest BCUT2D eigenvalue weighted by Crippen LogP contribution is 2.31. The zero-order chi connectivity index (χ0) is 27.5. The second kappa shape index (κ2) is 11.5. The fourth-order valence-electron chi connectivity index (χ4n) is 5.43. The number of benzene rings is 3. The molecule has 0 amide bonds. The molecule has 1 aliphatic heterocycles. The van der Waals surface area contributed by atoms with Crippen LogP contribution in [0.15, 0.2) is 83.7 Å². The van der Waals surface area contributed by atoms with E-state index in [0.717, 1.165) is 47.0 Å². The highest BCUT2D eigenvalue weighted by molar-refractivity contribution is 5.79. The average Bonchev–Trinajstić information content (AvgIpc) is 3.64. The van der Waals surface area contributed by atoms with Crippen LogP contribution in [0.4, 0.5) is 4.39 Å². The van der Waals surface area contributed by atoms with E-state index in [2.05, 4.69) is 37.5 Å². The van der Waals surface area contributed by atoms with Gasteiger partial charge in [0.2, 0.25) is 0 Å². The zero-order valence-corrected chi connectivity index (χ0v) is 22.3. The number of aryl methyl sites for hydroxylation is 1. The van der Waals surface area contributed by atoms with Crippen molar-refractivity contribution >= 4 is 10.9 Å². The third-order valence-electron chi connectivity index (χ3n) is 7.42. The Morgan fingerprint density at radius 3 is 2.58 bits per heavy atom. The number of ether oxygens (including phenoxy) is 1. The first kappa shape index (κ1) is 26.0. The molecule has 1 fully saturated rings. The minimum absolute atomic E-state index is 0.0143. The van der Waals surface area contributed by atoms with Crippen molar-refractivity contribution in [3.63, 3.8) is 0 Å². The van der Waals surface area contributed by atoms with Crippen LogP contribution in [-0.2, 0) is 24.4 Å². The summed E-state index contributed by atoms with van der Waals surface area (Å²) in [6.07, 6.45) is 1.95. The maximum Gasteiger partial charge on any atom is 0.253 e. The number of tetrazole rings is 1. The van der Waals surface area contributed by atoms with Crippen molar-refractivity contribution < 1.29 is 9.13 Å². The molecule has 3 aromatic carbocycles. The zero-order valence-electron chi connectivity index (χ0n) is 22.3. The highest BCUT2D eigenvalue weighted by Gasteiger charge is 2.32. The van der Waals surface area contributed by atoms with Gasteiger partial charge in [-0.2, -0.15) is 0 Å². The topological polar surface area (TPSA) is 88.9 Å². The van der Waals surface area contributed by atoms with Crippen LogP contribution < -0.4 is 5.56 Å². The van der Waals surface area contributed by atoms with Crippen LogP contribution >= 0.6 is 0 Å². The Bertz CT molecular complexity index is 1640. The molecule has 6 rings (SSSR count). The molecule has 0 aliphatic carbocycles. The van der Waals surface area contributed by atoms with Gasteiger partial charge in [0.25, 0.3) is 5.56 Å². The standard InChI is InChI=1S/C31H31FN6O2/c1-21-9-12-24-17-27(31(39)33-28(24)16-21)29(30-34-35-36-38(30)20-26-8-5-15-40-26)37(18-22-6-3-2-4-7-22)19-23-10-13-25(32)14-11-23/h2-4,6-7,9-14,16-17,26,29H,5,8,15,18-20H2,1H3,(H,33,39). The van der Waals surface area contributed by atoms with E-state index in [1.54, 1.807) is 16.8 Å². The maximum atomic E-state index is 13.8. The van der Waals surface area contributed by atoms with Gasteiger partial charge in [0.05, 0.1) is 12.6 Å². The lowest BCUT2D eigenvalue weighted by atomic mass is 10.0. The summed E-state index contributed by atoms with van der Waals surface area (Å²) >= 11 is 0.